The van der Waals surface area contributed by atoms with Crippen molar-refractivity contribution in [2.45, 2.75) is 50.0 Å². The molecule has 5 heteroatoms. The quantitative estimate of drug-likeness (QED) is 0.771. The number of ether oxygens (including phenoxy) is 2. The number of esters is 1. The van der Waals surface area contributed by atoms with Crippen molar-refractivity contribution < 1.29 is 14.3 Å². The number of carbonyl (C=O) groups is 1. The first kappa shape index (κ1) is 14.2. The molecule has 2 fully saturated rings. The summed E-state index contributed by atoms with van der Waals surface area (Å²) in [5.74, 6) is 0.916. The highest BCUT2D eigenvalue weighted by molar-refractivity contribution is 8.00. The van der Waals surface area contributed by atoms with Crippen LogP contribution < -0.4 is 5.32 Å². The number of nitrogens with one attached hydrogen (secondary N) is 1. The maximum atomic E-state index is 12.2. The van der Waals surface area contributed by atoms with Gasteiger partial charge in [0.1, 0.15) is 5.54 Å². The lowest BCUT2D eigenvalue weighted by Gasteiger charge is -2.32. The van der Waals surface area contributed by atoms with E-state index in [1.807, 2.05) is 18.7 Å². The highest BCUT2D eigenvalue weighted by atomic mass is 32.2. The van der Waals surface area contributed by atoms with Crippen molar-refractivity contribution in [3.63, 3.8) is 0 Å². The minimum Gasteiger partial charge on any atom is -0.465 e. The van der Waals surface area contributed by atoms with Crippen LogP contribution in [-0.4, -0.2) is 48.4 Å². The second-order valence-electron chi connectivity index (χ2n) is 4.97. The van der Waals surface area contributed by atoms with E-state index < -0.39 is 5.54 Å². The Labute approximate surface area is 113 Å². The predicted octanol–water partition coefficient (Wildman–Crippen LogP) is 1.58. The highest BCUT2D eigenvalue weighted by Gasteiger charge is 2.48. The van der Waals surface area contributed by atoms with E-state index in [0.29, 0.717) is 6.61 Å². The van der Waals surface area contributed by atoms with E-state index in [1.54, 1.807) is 0 Å². The van der Waals surface area contributed by atoms with Gasteiger partial charge in [0.05, 0.1) is 12.7 Å². The SMILES string of the molecule is CCOC(=O)C1(NCC2CCCO2)CCSC1C. The number of rotatable bonds is 5. The molecule has 2 heterocycles. The molecule has 3 atom stereocenters. The fourth-order valence-corrected chi connectivity index (χ4v) is 4.05. The van der Waals surface area contributed by atoms with Gasteiger partial charge in [0.25, 0.3) is 0 Å². The monoisotopic (exact) mass is 273 g/mol. The second kappa shape index (κ2) is 6.26. The van der Waals surface area contributed by atoms with Gasteiger partial charge in [-0.15, -0.1) is 0 Å². The molecule has 3 unspecified atom stereocenters. The Morgan fingerprint density at radius 2 is 2.44 bits per heavy atom. The Hall–Kier alpha value is -0.260. The normalized spacial score (nSPS) is 35.9. The van der Waals surface area contributed by atoms with Crippen LogP contribution in [0.1, 0.15) is 33.1 Å². The maximum Gasteiger partial charge on any atom is 0.327 e. The number of hydrogen-bond acceptors (Lipinski definition) is 5. The number of hydrogen-bond donors (Lipinski definition) is 1. The van der Waals surface area contributed by atoms with Gasteiger partial charge in [-0.3, -0.25) is 10.1 Å². The molecule has 0 aromatic carbocycles. The minimum atomic E-state index is -0.507. The Balaban J connectivity index is 1.97. The van der Waals surface area contributed by atoms with Crippen molar-refractivity contribution in [3.8, 4) is 0 Å². The predicted molar refractivity (Wildman–Crippen MR) is 72.9 cm³/mol. The zero-order chi connectivity index (χ0) is 13.0. The molecular weight excluding hydrogens is 250 g/mol. The topological polar surface area (TPSA) is 47.6 Å². The summed E-state index contributed by atoms with van der Waals surface area (Å²) in [6.07, 6.45) is 3.33. The first-order chi connectivity index (χ1) is 8.69. The van der Waals surface area contributed by atoms with Gasteiger partial charge in [0, 0.05) is 18.4 Å². The summed E-state index contributed by atoms with van der Waals surface area (Å²) in [6, 6.07) is 0. The molecular formula is C13H23NO3S. The molecule has 0 aromatic rings. The van der Waals surface area contributed by atoms with E-state index in [9.17, 15) is 4.79 Å². The molecule has 0 aliphatic carbocycles. The molecule has 18 heavy (non-hydrogen) atoms. The molecule has 0 radical (unpaired) electrons. The molecule has 0 saturated carbocycles. The Bertz CT molecular complexity index is 294. The third kappa shape index (κ3) is 2.83. The van der Waals surface area contributed by atoms with Crippen LogP contribution in [0.2, 0.25) is 0 Å². The van der Waals surface area contributed by atoms with Crippen LogP contribution in [0.3, 0.4) is 0 Å². The van der Waals surface area contributed by atoms with Gasteiger partial charge in [0.15, 0.2) is 0 Å². The van der Waals surface area contributed by atoms with Crippen molar-refractivity contribution in [1.82, 2.24) is 5.32 Å². The summed E-state index contributed by atoms with van der Waals surface area (Å²) in [7, 11) is 0. The first-order valence-corrected chi connectivity index (χ1v) is 7.89. The van der Waals surface area contributed by atoms with Crippen molar-refractivity contribution >= 4 is 17.7 Å². The van der Waals surface area contributed by atoms with E-state index in [-0.39, 0.29) is 17.3 Å². The summed E-state index contributed by atoms with van der Waals surface area (Å²) in [5.41, 5.74) is -0.507. The summed E-state index contributed by atoms with van der Waals surface area (Å²) in [4.78, 5) is 12.2. The van der Waals surface area contributed by atoms with Gasteiger partial charge < -0.3 is 9.47 Å². The molecule has 0 bridgehead atoms. The molecule has 2 aliphatic heterocycles. The molecule has 1 N–H and O–H groups in total. The molecule has 0 spiro atoms. The van der Waals surface area contributed by atoms with Crippen molar-refractivity contribution in [3.05, 3.63) is 0 Å². The van der Waals surface area contributed by atoms with E-state index in [0.717, 1.165) is 38.2 Å². The number of carbonyl (C=O) groups excluding carboxylic acids is 1. The zero-order valence-corrected chi connectivity index (χ0v) is 12.1. The van der Waals surface area contributed by atoms with E-state index in [2.05, 4.69) is 12.2 Å². The van der Waals surface area contributed by atoms with Gasteiger partial charge in [-0.2, -0.15) is 11.8 Å². The Morgan fingerprint density at radius 1 is 1.61 bits per heavy atom. The molecule has 0 amide bonds. The maximum absolute atomic E-state index is 12.2. The molecule has 2 aliphatic rings. The van der Waals surface area contributed by atoms with E-state index >= 15 is 0 Å². The third-order valence-corrected chi connectivity index (χ3v) is 5.21. The molecule has 2 rings (SSSR count). The summed E-state index contributed by atoms with van der Waals surface area (Å²) in [6.45, 7) is 6.02. The van der Waals surface area contributed by atoms with Crippen LogP contribution >= 0.6 is 11.8 Å². The minimum absolute atomic E-state index is 0.0968. The van der Waals surface area contributed by atoms with Crippen LogP contribution in [0.25, 0.3) is 0 Å². The van der Waals surface area contributed by atoms with Gasteiger partial charge >= 0.3 is 5.97 Å². The lowest BCUT2D eigenvalue weighted by molar-refractivity contribution is -0.151. The second-order valence-corrected chi connectivity index (χ2v) is 6.42. The van der Waals surface area contributed by atoms with Gasteiger partial charge in [-0.05, 0) is 31.9 Å². The van der Waals surface area contributed by atoms with Crippen molar-refractivity contribution in [2.24, 2.45) is 0 Å². The highest BCUT2D eigenvalue weighted by Crippen LogP contribution is 2.36. The largest absolute Gasteiger partial charge is 0.465 e. The van der Waals surface area contributed by atoms with Crippen molar-refractivity contribution in [2.75, 3.05) is 25.5 Å². The molecule has 0 aromatic heterocycles. The zero-order valence-electron chi connectivity index (χ0n) is 11.2. The first-order valence-electron chi connectivity index (χ1n) is 6.84. The molecule has 104 valence electrons. The summed E-state index contributed by atoms with van der Waals surface area (Å²) < 4.78 is 10.9. The van der Waals surface area contributed by atoms with Gasteiger partial charge in [-0.1, -0.05) is 6.92 Å². The fourth-order valence-electron chi connectivity index (χ4n) is 2.68. The smallest absolute Gasteiger partial charge is 0.327 e. The lowest BCUT2D eigenvalue weighted by atomic mass is 9.92. The Morgan fingerprint density at radius 3 is 3.00 bits per heavy atom. The fraction of sp³-hybridized carbons (Fsp3) is 0.923. The number of thioether (sulfide) groups is 1. The Kier molecular flexibility index (Phi) is 4.92. The van der Waals surface area contributed by atoms with Crippen LogP contribution in [0.15, 0.2) is 0 Å². The summed E-state index contributed by atoms with van der Waals surface area (Å²) >= 11 is 1.84. The average Bonchev–Trinajstić information content (AvgIpc) is 2.97. The van der Waals surface area contributed by atoms with Crippen molar-refractivity contribution in [1.29, 1.82) is 0 Å². The molecule has 4 nitrogen and oxygen atoms in total. The van der Waals surface area contributed by atoms with Crippen LogP contribution in [-0.2, 0) is 14.3 Å². The average molecular weight is 273 g/mol. The van der Waals surface area contributed by atoms with Crippen LogP contribution in [0.5, 0.6) is 0 Å². The van der Waals surface area contributed by atoms with E-state index in [1.165, 1.54) is 0 Å². The van der Waals surface area contributed by atoms with Crippen LogP contribution in [0.4, 0.5) is 0 Å². The summed E-state index contributed by atoms with van der Waals surface area (Å²) in [5, 5.41) is 3.71. The van der Waals surface area contributed by atoms with Gasteiger partial charge in [-0.25, -0.2) is 0 Å². The van der Waals surface area contributed by atoms with Crippen LogP contribution in [0, 0.1) is 0 Å². The van der Waals surface area contributed by atoms with E-state index in [4.69, 9.17) is 9.47 Å². The lowest BCUT2D eigenvalue weighted by Crippen LogP contribution is -2.58. The molecule has 2 saturated heterocycles. The standard InChI is InChI=1S/C13H23NO3S/c1-3-16-12(15)13(6-8-18-10(13)2)14-9-11-5-4-7-17-11/h10-11,14H,3-9H2,1-2H3. The van der Waals surface area contributed by atoms with Gasteiger partial charge in [0.2, 0.25) is 0 Å². The third-order valence-electron chi connectivity index (χ3n) is 3.87.